The summed E-state index contributed by atoms with van der Waals surface area (Å²) in [7, 11) is -2.65. The van der Waals surface area contributed by atoms with Gasteiger partial charge in [0.1, 0.15) is 7.05 Å². The number of halogens is 3. The van der Waals surface area contributed by atoms with Gasteiger partial charge in [0.15, 0.2) is 5.71 Å². The first-order chi connectivity index (χ1) is 19.2. The summed E-state index contributed by atoms with van der Waals surface area (Å²) in [5, 5.41) is 3.07. The standard InChI is InChI=1S/C30H42F3N3O4S/c1-5-29(2,3)35-41(38,39)27-12-11-21(18-24(27)30(31,32)33)23-19-26(28(37)34-22-13-15-40-16-14-22)36(4)25(23)17-20-9-7-6-8-10-20/h11-12,18-20,22-23,35H,5-10,13-17H2,1-4H3/p+1. The van der Waals surface area contributed by atoms with E-state index in [0.717, 1.165) is 43.5 Å². The van der Waals surface area contributed by atoms with Crippen LogP contribution in [0, 0.1) is 5.92 Å². The molecule has 2 heterocycles. The van der Waals surface area contributed by atoms with Gasteiger partial charge in [-0.2, -0.15) is 17.7 Å². The van der Waals surface area contributed by atoms with E-state index in [-0.39, 0.29) is 11.9 Å². The fraction of sp³-hybridized carbons (Fsp3) is 0.667. The van der Waals surface area contributed by atoms with Crippen molar-refractivity contribution in [3.63, 3.8) is 0 Å². The molecule has 0 spiro atoms. The Morgan fingerprint density at radius 3 is 2.34 bits per heavy atom. The highest BCUT2D eigenvalue weighted by molar-refractivity contribution is 7.89. The second-order valence-corrected chi connectivity index (χ2v) is 13.9. The predicted molar refractivity (Wildman–Crippen MR) is 151 cm³/mol. The van der Waals surface area contributed by atoms with Gasteiger partial charge in [-0.15, -0.1) is 0 Å². The largest absolute Gasteiger partial charge is 0.417 e. The van der Waals surface area contributed by atoms with Gasteiger partial charge in [0.25, 0.3) is 5.70 Å². The number of hydrogen-bond acceptors (Lipinski definition) is 4. The van der Waals surface area contributed by atoms with Crippen LogP contribution < -0.4 is 10.0 Å². The van der Waals surface area contributed by atoms with Crippen molar-refractivity contribution in [3.8, 4) is 0 Å². The Morgan fingerprint density at radius 2 is 1.73 bits per heavy atom. The molecule has 1 amide bonds. The van der Waals surface area contributed by atoms with E-state index in [4.69, 9.17) is 4.74 Å². The van der Waals surface area contributed by atoms with E-state index < -0.39 is 38.1 Å². The van der Waals surface area contributed by atoms with Gasteiger partial charge in [0.2, 0.25) is 10.0 Å². The third-order valence-electron chi connectivity index (χ3n) is 8.74. The Balaban J connectivity index is 1.73. The lowest BCUT2D eigenvalue weighted by molar-refractivity contribution is -0.436. The molecule has 0 aromatic heterocycles. The zero-order valence-electron chi connectivity index (χ0n) is 24.4. The van der Waals surface area contributed by atoms with Gasteiger partial charge in [-0.1, -0.05) is 32.3 Å². The van der Waals surface area contributed by atoms with Crippen LogP contribution in [0.2, 0.25) is 0 Å². The second kappa shape index (κ2) is 12.6. The molecule has 2 N–H and O–H groups in total. The van der Waals surface area contributed by atoms with Crippen molar-refractivity contribution in [1.29, 1.82) is 0 Å². The topological polar surface area (TPSA) is 87.5 Å². The van der Waals surface area contributed by atoms with Crippen LogP contribution in [0.15, 0.2) is 34.9 Å². The molecule has 11 heteroatoms. The number of carbonyl (C=O) groups excluding carboxylic acids is 1. The molecule has 3 aliphatic rings. The highest BCUT2D eigenvalue weighted by atomic mass is 32.2. The fourth-order valence-electron chi connectivity index (χ4n) is 5.99. The molecule has 7 nitrogen and oxygen atoms in total. The summed E-state index contributed by atoms with van der Waals surface area (Å²) >= 11 is 0. The maximum absolute atomic E-state index is 14.4. The van der Waals surface area contributed by atoms with Crippen molar-refractivity contribution < 1.29 is 35.7 Å². The number of carbonyl (C=O) groups is 1. The van der Waals surface area contributed by atoms with E-state index in [0.29, 0.717) is 56.1 Å². The number of benzene rings is 1. The molecular formula is C30H43F3N3O4S+. The average Bonchev–Trinajstić information content (AvgIpc) is 3.24. The minimum atomic E-state index is -4.89. The Hall–Kier alpha value is -2.24. The van der Waals surface area contributed by atoms with E-state index in [2.05, 4.69) is 10.0 Å². The summed E-state index contributed by atoms with van der Waals surface area (Å²) in [6, 6.07) is 3.44. The molecule has 4 rings (SSSR count). The molecule has 0 bridgehead atoms. The molecule has 1 saturated carbocycles. The molecule has 41 heavy (non-hydrogen) atoms. The first-order valence-corrected chi connectivity index (χ1v) is 16.1. The lowest BCUT2D eigenvalue weighted by Crippen LogP contribution is -2.43. The van der Waals surface area contributed by atoms with Crippen LogP contribution in [0.4, 0.5) is 13.2 Å². The number of sulfonamides is 1. The summed E-state index contributed by atoms with van der Waals surface area (Å²) in [6.45, 7) is 6.16. The van der Waals surface area contributed by atoms with Crippen molar-refractivity contribution in [3.05, 3.63) is 41.1 Å². The van der Waals surface area contributed by atoms with Gasteiger partial charge in [0, 0.05) is 37.3 Å². The minimum Gasteiger partial charge on any atom is -0.381 e. The molecule has 1 aromatic rings. The van der Waals surface area contributed by atoms with E-state index in [1.807, 2.05) is 4.58 Å². The second-order valence-electron chi connectivity index (χ2n) is 12.2. The van der Waals surface area contributed by atoms with E-state index in [9.17, 15) is 26.4 Å². The van der Waals surface area contributed by atoms with Gasteiger partial charge >= 0.3 is 12.1 Å². The number of allylic oxidation sites excluding steroid dienone is 1. The first kappa shape index (κ1) is 31.7. The molecule has 1 unspecified atom stereocenters. The van der Waals surface area contributed by atoms with E-state index in [1.54, 1.807) is 33.9 Å². The van der Waals surface area contributed by atoms with Crippen molar-refractivity contribution >= 4 is 21.6 Å². The van der Waals surface area contributed by atoms with Crippen molar-refractivity contribution in [2.75, 3.05) is 20.3 Å². The molecule has 1 aromatic carbocycles. The quantitative estimate of drug-likeness (QED) is 0.368. The zero-order chi connectivity index (χ0) is 30.0. The lowest BCUT2D eigenvalue weighted by Gasteiger charge is -2.26. The summed E-state index contributed by atoms with van der Waals surface area (Å²) in [5.74, 6) is -0.447. The molecule has 228 valence electrons. The Bertz CT molecular complexity index is 1290. The third-order valence-corrected chi connectivity index (χ3v) is 10.5. The molecular weight excluding hydrogens is 555 g/mol. The van der Waals surface area contributed by atoms with Crippen LogP contribution in [0.1, 0.15) is 95.6 Å². The van der Waals surface area contributed by atoms with Crippen molar-refractivity contribution in [2.45, 2.75) is 107 Å². The Kier molecular flexibility index (Phi) is 9.70. The lowest BCUT2D eigenvalue weighted by atomic mass is 9.82. The van der Waals surface area contributed by atoms with Crippen molar-refractivity contribution in [2.24, 2.45) is 5.92 Å². The van der Waals surface area contributed by atoms with Gasteiger partial charge in [-0.25, -0.2) is 13.1 Å². The molecule has 0 radical (unpaired) electrons. The molecule has 1 saturated heterocycles. The smallest absolute Gasteiger partial charge is 0.381 e. The predicted octanol–water partition coefficient (Wildman–Crippen LogP) is 5.50. The summed E-state index contributed by atoms with van der Waals surface area (Å²) in [4.78, 5) is 12.6. The summed E-state index contributed by atoms with van der Waals surface area (Å²) in [6.07, 6.45) is 4.81. The number of hydrogen-bond donors (Lipinski definition) is 2. The van der Waals surface area contributed by atoms with Crippen LogP contribution in [0.3, 0.4) is 0 Å². The van der Waals surface area contributed by atoms with Crippen LogP contribution in [0.25, 0.3) is 0 Å². The average molecular weight is 599 g/mol. The van der Waals surface area contributed by atoms with E-state index >= 15 is 0 Å². The molecule has 2 fully saturated rings. The minimum absolute atomic E-state index is 0.0208. The molecule has 1 aliphatic carbocycles. The Morgan fingerprint density at radius 1 is 1.07 bits per heavy atom. The number of ether oxygens (including phenoxy) is 1. The van der Waals surface area contributed by atoms with Crippen LogP contribution in [-0.2, 0) is 25.7 Å². The molecule has 1 atom stereocenters. The number of likely N-dealkylation sites (N-methyl/N-ethyl adjacent to an activating group) is 1. The number of nitrogens with one attached hydrogen (secondary N) is 2. The fourth-order valence-corrected chi connectivity index (χ4v) is 7.68. The maximum Gasteiger partial charge on any atom is 0.417 e. The van der Waals surface area contributed by atoms with E-state index in [1.165, 1.54) is 12.5 Å². The van der Waals surface area contributed by atoms with Gasteiger partial charge in [-0.05, 0) is 69.6 Å². The summed E-state index contributed by atoms with van der Waals surface area (Å²) < 4.78 is 79.0. The number of alkyl halides is 3. The van der Waals surface area contributed by atoms with Crippen molar-refractivity contribution in [1.82, 2.24) is 10.0 Å². The van der Waals surface area contributed by atoms with Gasteiger partial charge in [0.05, 0.1) is 16.4 Å². The van der Waals surface area contributed by atoms with Gasteiger partial charge < -0.3 is 10.1 Å². The third kappa shape index (κ3) is 7.59. The van der Waals surface area contributed by atoms with Crippen LogP contribution >= 0.6 is 0 Å². The highest BCUT2D eigenvalue weighted by Crippen LogP contribution is 2.39. The van der Waals surface area contributed by atoms with Gasteiger partial charge in [-0.3, -0.25) is 4.79 Å². The van der Waals surface area contributed by atoms with Crippen LogP contribution in [-0.4, -0.2) is 56.5 Å². The normalized spacial score (nSPS) is 21.7. The zero-order valence-corrected chi connectivity index (χ0v) is 25.3. The number of rotatable bonds is 9. The Labute approximate surface area is 241 Å². The number of amides is 1. The molecule has 2 aliphatic heterocycles. The summed E-state index contributed by atoms with van der Waals surface area (Å²) in [5.41, 5.74) is -0.530. The van der Waals surface area contributed by atoms with Crippen LogP contribution in [0.5, 0.6) is 0 Å². The maximum atomic E-state index is 14.4. The monoisotopic (exact) mass is 598 g/mol. The number of nitrogens with zero attached hydrogens (tertiary/aromatic N) is 1. The highest BCUT2D eigenvalue weighted by Gasteiger charge is 2.42. The SMILES string of the molecule is CCC(C)(C)NS(=O)(=O)c1ccc(C2C=C(C(=O)NC3CCOCC3)[N+](C)=C2CC2CCCCC2)cc1C(F)(F)F. The first-order valence-electron chi connectivity index (χ1n) is 14.7.